The number of amides is 1. The summed E-state index contributed by atoms with van der Waals surface area (Å²) in [7, 11) is 0. The summed E-state index contributed by atoms with van der Waals surface area (Å²) in [5, 5.41) is 2.84. The Morgan fingerprint density at radius 1 is 1.16 bits per heavy atom. The van der Waals surface area contributed by atoms with E-state index in [4.69, 9.17) is 14.2 Å². The van der Waals surface area contributed by atoms with E-state index in [-0.39, 0.29) is 0 Å². The molecule has 6 heteroatoms. The van der Waals surface area contributed by atoms with Gasteiger partial charge in [-0.3, -0.25) is 0 Å². The molecule has 0 radical (unpaired) electrons. The van der Waals surface area contributed by atoms with Gasteiger partial charge in [0.05, 0.1) is 12.6 Å². The predicted octanol–water partition coefficient (Wildman–Crippen LogP) is 5.29. The SMILES string of the molecule is CCOC(=O)/C(C)=C/[C@H](Cc1ccc(OCC2=CCCC=C2)cc1)NC(=O)OC(C)(C)C. The molecule has 0 aromatic heterocycles. The van der Waals surface area contributed by atoms with E-state index < -0.39 is 23.7 Å². The van der Waals surface area contributed by atoms with Crippen LogP contribution in [0, 0.1) is 0 Å². The van der Waals surface area contributed by atoms with Crippen LogP contribution in [-0.4, -0.2) is 36.9 Å². The standard InChI is InChI=1S/C26H35NO5/c1-6-30-24(28)19(2)16-22(27-25(29)32-26(3,4)5)17-20-12-14-23(15-13-20)31-18-21-10-8-7-9-11-21/h8,10-16,22H,6-7,9,17-18H2,1-5H3,(H,27,29)/b19-16+/t22-/m1/s1. The lowest BCUT2D eigenvalue weighted by atomic mass is 10.0. The second kappa shape index (κ2) is 12.1. The Bertz CT molecular complexity index is 859. The number of hydrogen-bond acceptors (Lipinski definition) is 5. The van der Waals surface area contributed by atoms with Crippen molar-refractivity contribution in [2.75, 3.05) is 13.2 Å². The zero-order chi connectivity index (χ0) is 23.6. The molecule has 0 heterocycles. The van der Waals surface area contributed by atoms with Gasteiger partial charge in [0.15, 0.2) is 0 Å². The van der Waals surface area contributed by atoms with Crippen molar-refractivity contribution in [1.29, 1.82) is 0 Å². The molecule has 1 amide bonds. The number of nitrogens with one attached hydrogen (secondary N) is 1. The maximum absolute atomic E-state index is 12.3. The monoisotopic (exact) mass is 441 g/mol. The Morgan fingerprint density at radius 2 is 1.88 bits per heavy atom. The van der Waals surface area contributed by atoms with Crippen LogP contribution in [0.3, 0.4) is 0 Å². The van der Waals surface area contributed by atoms with Crippen molar-refractivity contribution in [2.24, 2.45) is 0 Å². The minimum atomic E-state index is -0.615. The summed E-state index contributed by atoms with van der Waals surface area (Å²) < 4.78 is 16.3. The highest BCUT2D eigenvalue weighted by atomic mass is 16.6. The Labute approximate surface area is 191 Å². The van der Waals surface area contributed by atoms with E-state index in [9.17, 15) is 9.59 Å². The minimum absolute atomic E-state index is 0.294. The van der Waals surface area contributed by atoms with Crippen molar-refractivity contribution in [3.63, 3.8) is 0 Å². The van der Waals surface area contributed by atoms with Crippen molar-refractivity contribution in [1.82, 2.24) is 5.32 Å². The van der Waals surface area contributed by atoms with Gasteiger partial charge in [0, 0.05) is 5.57 Å². The zero-order valence-electron chi connectivity index (χ0n) is 19.8. The fourth-order valence-electron chi connectivity index (χ4n) is 3.14. The van der Waals surface area contributed by atoms with Crippen molar-refractivity contribution in [3.8, 4) is 5.75 Å². The number of esters is 1. The first kappa shape index (κ1) is 25.2. The molecule has 0 unspecified atom stereocenters. The molecule has 1 aromatic rings. The Kier molecular flexibility index (Phi) is 9.57. The molecule has 1 N–H and O–H groups in total. The van der Waals surface area contributed by atoms with Gasteiger partial charge in [-0.05, 0) is 77.2 Å². The highest BCUT2D eigenvalue weighted by molar-refractivity contribution is 5.88. The van der Waals surface area contributed by atoms with Crippen molar-refractivity contribution in [2.45, 2.75) is 65.5 Å². The Hall–Kier alpha value is -3.02. The van der Waals surface area contributed by atoms with Gasteiger partial charge in [-0.15, -0.1) is 0 Å². The van der Waals surface area contributed by atoms with Crippen LogP contribution in [0.2, 0.25) is 0 Å². The fourth-order valence-corrected chi connectivity index (χ4v) is 3.14. The molecule has 1 aliphatic carbocycles. The van der Waals surface area contributed by atoms with Gasteiger partial charge in [0.25, 0.3) is 0 Å². The smallest absolute Gasteiger partial charge is 0.408 e. The number of hydrogen-bond donors (Lipinski definition) is 1. The first-order chi connectivity index (χ1) is 15.2. The number of carbonyl (C=O) groups excluding carboxylic acids is 2. The molecule has 32 heavy (non-hydrogen) atoms. The molecule has 0 aliphatic heterocycles. The molecule has 0 bridgehead atoms. The Balaban J connectivity index is 2.05. The van der Waals surface area contributed by atoms with E-state index in [2.05, 4.69) is 23.5 Å². The largest absolute Gasteiger partial charge is 0.489 e. The molecule has 0 fully saturated rings. The lowest BCUT2D eigenvalue weighted by Crippen LogP contribution is -2.39. The van der Waals surface area contributed by atoms with Crippen LogP contribution in [0.1, 0.15) is 53.0 Å². The maximum Gasteiger partial charge on any atom is 0.408 e. The molecule has 174 valence electrons. The van der Waals surface area contributed by atoms with E-state index >= 15 is 0 Å². The molecular weight excluding hydrogens is 406 g/mol. The molecule has 1 aliphatic rings. The minimum Gasteiger partial charge on any atom is -0.489 e. The van der Waals surface area contributed by atoms with Gasteiger partial charge < -0.3 is 19.5 Å². The number of allylic oxidation sites excluding steroid dienone is 2. The summed E-state index contributed by atoms with van der Waals surface area (Å²) in [6.07, 6.45) is 10.2. The molecule has 0 spiro atoms. The lowest BCUT2D eigenvalue weighted by molar-refractivity contribution is -0.138. The first-order valence-electron chi connectivity index (χ1n) is 11.1. The normalized spacial score (nSPS) is 14.9. The fraction of sp³-hybridized carbons (Fsp3) is 0.462. The number of ether oxygens (including phenoxy) is 3. The van der Waals surface area contributed by atoms with Gasteiger partial charge in [-0.25, -0.2) is 9.59 Å². The molecular formula is C26H35NO5. The lowest BCUT2D eigenvalue weighted by Gasteiger charge is -2.23. The van der Waals surface area contributed by atoms with E-state index in [1.165, 1.54) is 5.57 Å². The summed E-state index contributed by atoms with van der Waals surface area (Å²) in [5.74, 6) is 0.377. The Morgan fingerprint density at radius 3 is 2.47 bits per heavy atom. The third-order valence-corrected chi connectivity index (χ3v) is 4.61. The number of carbonyl (C=O) groups is 2. The molecule has 0 saturated heterocycles. The highest BCUT2D eigenvalue weighted by Crippen LogP contribution is 2.17. The molecule has 0 saturated carbocycles. The van der Waals surface area contributed by atoms with Crippen molar-refractivity contribution >= 4 is 12.1 Å². The second-order valence-electron chi connectivity index (χ2n) is 8.72. The third kappa shape index (κ3) is 9.41. The van der Waals surface area contributed by atoms with Crippen LogP contribution in [0.4, 0.5) is 4.79 Å². The summed E-state index contributed by atoms with van der Waals surface area (Å²) >= 11 is 0. The van der Waals surface area contributed by atoms with Crippen LogP contribution in [-0.2, 0) is 20.7 Å². The number of benzene rings is 1. The topological polar surface area (TPSA) is 73.9 Å². The predicted molar refractivity (Wildman–Crippen MR) is 126 cm³/mol. The average Bonchev–Trinajstić information content (AvgIpc) is 2.72. The van der Waals surface area contributed by atoms with Crippen LogP contribution in [0.25, 0.3) is 0 Å². The van der Waals surface area contributed by atoms with E-state index in [0.717, 1.165) is 24.2 Å². The first-order valence-corrected chi connectivity index (χ1v) is 11.1. The number of alkyl carbamates (subject to hydrolysis) is 1. The molecule has 2 rings (SSSR count). The van der Waals surface area contributed by atoms with Gasteiger partial charge >= 0.3 is 12.1 Å². The summed E-state index contributed by atoms with van der Waals surface area (Å²) in [4.78, 5) is 24.3. The van der Waals surface area contributed by atoms with E-state index in [1.54, 1.807) is 40.7 Å². The van der Waals surface area contributed by atoms with Crippen molar-refractivity contribution < 1.29 is 23.8 Å². The van der Waals surface area contributed by atoms with Crippen LogP contribution in [0.5, 0.6) is 5.75 Å². The van der Waals surface area contributed by atoms with Gasteiger partial charge in [-0.2, -0.15) is 0 Å². The molecule has 1 aromatic carbocycles. The highest BCUT2D eigenvalue weighted by Gasteiger charge is 2.20. The van der Waals surface area contributed by atoms with E-state index in [0.29, 0.717) is 25.2 Å². The van der Waals surface area contributed by atoms with Crippen LogP contribution in [0.15, 0.2) is 59.7 Å². The summed E-state index contributed by atoms with van der Waals surface area (Å²) in [6.45, 7) is 9.68. The van der Waals surface area contributed by atoms with E-state index in [1.807, 2.05) is 24.3 Å². The zero-order valence-corrected chi connectivity index (χ0v) is 19.8. The van der Waals surface area contributed by atoms with Gasteiger partial charge in [0.2, 0.25) is 0 Å². The summed E-state index contributed by atoms with van der Waals surface area (Å²) in [6, 6.07) is 7.30. The quantitative estimate of drug-likeness (QED) is 0.416. The maximum atomic E-state index is 12.3. The van der Waals surface area contributed by atoms with Crippen LogP contribution >= 0.6 is 0 Å². The van der Waals surface area contributed by atoms with Gasteiger partial charge in [0.1, 0.15) is 18.0 Å². The third-order valence-electron chi connectivity index (χ3n) is 4.61. The van der Waals surface area contributed by atoms with Crippen molar-refractivity contribution in [3.05, 3.63) is 65.3 Å². The molecule has 6 nitrogen and oxygen atoms in total. The molecule has 1 atom stereocenters. The second-order valence-corrected chi connectivity index (χ2v) is 8.72. The van der Waals surface area contributed by atoms with Crippen LogP contribution < -0.4 is 10.1 Å². The van der Waals surface area contributed by atoms with Gasteiger partial charge in [-0.1, -0.05) is 36.4 Å². The average molecular weight is 442 g/mol. The number of rotatable bonds is 9. The summed E-state index contributed by atoms with van der Waals surface area (Å²) in [5.41, 5.74) is 1.99.